The van der Waals surface area contributed by atoms with E-state index in [0.717, 1.165) is 0 Å². The van der Waals surface area contributed by atoms with E-state index >= 15 is 0 Å². The third-order valence-electron chi connectivity index (χ3n) is 2.51. The summed E-state index contributed by atoms with van der Waals surface area (Å²) in [5.41, 5.74) is 2.29. The summed E-state index contributed by atoms with van der Waals surface area (Å²) >= 11 is 0. The van der Waals surface area contributed by atoms with Gasteiger partial charge in [0.2, 0.25) is 5.54 Å². The summed E-state index contributed by atoms with van der Waals surface area (Å²) in [6.07, 6.45) is -4.72. The van der Waals surface area contributed by atoms with E-state index in [2.05, 4.69) is 4.74 Å². The zero-order valence-electron chi connectivity index (χ0n) is 9.73. The van der Waals surface area contributed by atoms with Gasteiger partial charge in [0.05, 0.1) is 6.61 Å². The average molecular weight is 241 g/mol. The van der Waals surface area contributed by atoms with E-state index in [-0.39, 0.29) is 12.5 Å². The Morgan fingerprint density at radius 2 is 1.88 bits per heavy atom. The molecule has 0 aromatic heterocycles. The van der Waals surface area contributed by atoms with Crippen molar-refractivity contribution in [3.05, 3.63) is 0 Å². The molecular formula is C10H18F3NO2. The van der Waals surface area contributed by atoms with Crippen LogP contribution in [0.5, 0.6) is 0 Å². The Morgan fingerprint density at radius 3 is 2.19 bits per heavy atom. The molecule has 0 unspecified atom stereocenters. The van der Waals surface area contributed by atoms with Crippen LogP contribution in [-0.4, -0.2) is 24.3 Å². The van der Waals surface area contributed by atoms with E-state index in [4.69, 9.17) is 5.73 Å². The van der Waals surface area contributed by atoms with Crippen LogP contribution in [0.1, 0.15) is 33.6 Å². The van der Waals surface area contributed by atoms with E-state index in [1.165, 1.54) is 6.92 Å². The number of rotatable bonds is 5. The SMILES string of the molecule is CCOC(=O)[C@@](N)(C[C@H](C)CC)C(F)(F)F. The summed E-state index contributed by atoms with van der Waals surface area (Å²) in [7, 11) is 0. The average Bonchev–Trinajstić information content (AvgIpc) is 2.16. The molecule has 16 heavy (non-hydrogen) atoms. The molecule has 0 saturated heterocycles. The molecule has 0 saturated carbocycles. The zero-order chi connectivity index (χ0) is 13.0. The molecule has 0 amide bonds. The van der Waals surface area contributed by atoms with Crippen molar-refractivity contribution in [2.24, 2.45) is 11.7 Å². The minimum Gasteiger partial charge on any atom is -0.464 e. The zero-order valence-corrected chi connectivity index (χ0v) is 9.73. The fourth-order valence-corrected chi connectivity index (χ4v) is 1.27. The fraction of sp³-hybridized carbons (Fsp3) is 0.900. The second-order valence-electron chi connectivity index (χ2n) is 3.91. The van der Waals surface area contributed by atoms with Gasteiger partial charge < -0.3 is 10.5 Å². The molecular weight excluding hydrogens is 223 g/mol. The number of esters is 1. The second-order valence-corrected chi connectivity index (χ2v) is 3.91. The molecule has 0 bridgehead atoms. The molecule has 0 rings (SSSR count). The Kier molecular flexibility index (Phi) is 5.25. The third-order valence-corrected chi connectivity index (χ3v) is 2.51. The molecule has 0 aliphatic carbocycles. The lowest BCUT2D eigenvalue weighted by atomic mass is 9.87. The smallest absolute Gasteiger partial charge is 0.417 e. The molecule has 0 aromatic carbocycles. The predicted molar refractivity (Wildman–Crippen MR) is 53.7 cm³/mol. The van der Waals surface area contributed by atoms with Gasteiger partial charge in [0.15, 0.2) is 0 Å². The first-order valence-corrected chi connectivity index (χ1v) is 5.21. The normalized spacial score (nSPS) is 17.7. The molecule has 0 aliphatic heterocycles. The van der Waals surface area contributed by atoms with Crippen LogP contribution >= 0.6 is 0 Å². The topological polar surface area (TPSA) is 52.3 Å². The standard InChI is InChI=1S/C10H18F3NO2/c1-4-7(3)6-9(14,10(11,12)13)8(15)16-5-2/h7H,4-6,14H2,1-3H3/t7-,9+/m1/s1. The monoisotopic (exact) mass is 241 g/mol. The maximum absolute atomic E-state index is 12.7. The van der Waals surface area contributed by atoms with Gasteiger partial charge in [-0.3, -0.25) is 0 Å². The van der Waals surface area contributed by atoms with Crippen LogP contribution in [0.15, 0.2) is 0 Å². The lowest BCUT2D eigenvalue weighted by Crippen LogP contribution is -2.61. The number of carbonyl (C=O) groups excluding carboxylic acids is 1. The minimum absolute atomic E-state index is 0.117. The first kappa shape index (κ1) is 15.2. The molecule has 0 aliphatic rings. The van der Waals surface area contributed by atoms with E-state index in [9.17, 15) is 18.0 Å². The highest BCUT2D eigenvalue weighted by Gasteiger charge is 2.59. The molecule has 6 heteroatoms. The Morgan fingerprint density at radius 1 is 1.38 bits per heavy atom. The van der Waals surface area contributed by atoms with Crippen molar-refractivity contribution in [2.45, 2.75) is 45.3 Å². The molecule has 2 atom stereocenters. The van der Waals surface area contributed by atoms with Crippen LogP contribution in [0.25, 0.3) is 0 Å². The molecule has 2 N–H and O–H groups in total. The Bertz CT molecular complexity index is 243. The number of carbonyl (C=O) groups is 1. The number of ether oxygens (including phenoxy) is 1. The maximum atomic E-state index is 12.7. The molecule has 0 fully saturated rings. The third kappa shape index (κ3) is 3.37. The van der Waals surface area contributed by atoms with Gasteiger partial charge in [0.1, 0.15) is 0 Å². The van der Waals surface area contributed by atoms with Crippen molar-refractivity contribution < 1.29 is 22.7 Å². The van der Waals surface area contributed by atoms with Crippen molar-refractivity contribution in [2.75, 3.05) is 6.61 Å². The van der Waals surface area contributed by atoms with E-state index in [0.29, 0.717) is 6.42 Å². The second kappa shape index (κ2) is 5.52. The molecule has 96 valence electrons. The summed E-state index contributed by atoms with van der Waals surface area (Å²) < 4.78 is 42.6. The van der Waals surface area contributed by atoms with Crippen molar-refractivity contribution in [1.29, 1.82) is 0 Å². The summed E-state index contributed by atoms with van der Waals surface area (Å²) in [5.74, 6) is -1.70. The van der Waals surface area contributed by atoms with Gasteiger partial charge in [-0.15, -0.1) is 0 Å². The number of halogens is 3. The predicted octanol–water partition coefficient (Wildman–Crippen LogP) is 2.25. The molecule has 0 aromatic rings. The van der Waals surface area contributed by atoms with E-state index in [1.54, 1.807) is 13.8 Å². The first-order valence-electron chi connectivity index (χ1n) is 5.21. The molecule has 0 heterocycles. The van der Waals surface area contributed by atoms with Crippen LogP contribution in [0, 0.1) is 5.92 Å². The van der Waals surface area contributed by atoms with Gasteiger partial charge in [0, 0.05) is 0 Å². The Labute approximate surface area is 93.1 Å². The summed E-state index contributed by atoms with van der Waals surface area (Å²) in [6.45, 7) is 4.69. The highest BCUT2D eigenvalue weighted by atomic mass is 19.4. The summed E-state index contributed by atoms with van der Waals surface area (Å²) in [5, 5.41) is 0. The Hall–Kier alpha value is -0.780. The number of hydrogen-bond acceptors (Lipinski definition) is 3. The van der Waals surface area contributed by atoms with Crippen molar-refractivity contribution in [3.8, 4) is 0 Å². The van der Waals surface area contributed by atoms with E-state index in [1.807, 2.05) is 0 Å². The van der Waals surface area contributed by atoms with Crippen molar-refractivity contribution in [1.82, 2.24) is 0 Å². The lowest BCUT2D eigenvalue weighted by molar-refractivity contribution is -0.208. The van der Waals surface area contributed by atoms with Gasteiger partial charge >= 0.3 is 12.1 Å². The van der Waals surface area contributed by atoms with Gasteiger partial charge in [-0.05, 0) is 19.3 Å². The van der Waals surface area contributed by atoms with Crippen LogP contribution in [0.2, 0.25) is 0 Å². The van der Waals surface area contributed by atoms with Crippen LogP contribution in [0.3, 0.4) is 0 Å². The highest BCUT2D eigenvalue weighted by molar-refractivity contribution is 5.81. The van der Waals surface area contributed by atoms with Gasteiger partial charge in [-0.2, -0.15) is 13.2 Å². The van der Waals surface area contributed by atoms with Crippen LogP contribution in [-0.2, 0) is 9.53 Å². The first-order chi connectivity index (χ1) is 7.19. The summed E-state index contributed by atoms with van der Waals surface area (Å²) in [4.78, 5) is 11.3. The van der Waals surface area contributed by atoms with Crippen LogP contribution in [0.4, 0.5) is 13.2 Å². The fourth-order valence-electron chi connectivity index (χ4n) is 1.27. The maximum Gasteiger partial charge on any atom is 0.417 e. The lowest BCUT2D eigenvalue weighted by Gasteiger charge is -2.31. The van der Waals surface area contributed by atoms with Gasteiger partial charge in [0.25, 0.3) is 0 Å². The van der Waals surface area contributed by atoms with Gasteiger partial charge in [-0.1, -0.05) is 20.3 Å². The van der Waals surface area contributed by atoms with Gasteiger partial charge in [-0.25, -0.2) is 4.79 Å². The molecule has 3 nitrogen and oxygen atoms in total. The highest BCUT2D eigenvalue weighted by Crippen LogP contribution is 2.35. The largest absolute Gasteiger partial charge is 0.464 e. The summed E-state index contributed by atoms with van der Waals surface area (Å²) in [6, 6.07) is 0. The molecule has 0 spiro atoms. The number of hydrogen-bond donors (Lipinski definition) is 1. The van der Waals surface area contributed by atoms with E-state index < -0.39 is 24.1 Å². The quantitative estimate of drug-likeness (QED) is 0.751. The minimum atomic E-state index is -4.79. The van der Waals surface area contributed by atoms with Crippen LogP contribution < -0.4 is 5.73 Å². The van der Waals surface area contributed by atoms with Crippen molar-refractivity contribution in [3.63, 3.8) is 0 Å². The number of alkyl halides is 3. The molecule has 0 radical (unpaired) electrons. The van der Waals surface area contributed by atoms with Crippen molar-refractivity contribution >= 4 is 5.97 Å². The number of nitrogens with two attached hydrogens (primary N) is 1. The Balaban J connectivity index is 4.97.